The van der Waals surface area contributed by atoms with Crippen LogP contribution in [-0.2, 0) is 4.74 Å². The highest BCUT2D eigenvalue weighted by molar-refractivity contribution is 7.80. The summed E-state index contributed by atoms with van der Waals surface area (Å²) in [5, 5.41) is 43.4. The lowest BCUT2D eigenvalue weighted by Crippen LogP contribution is -2.60. The molecule has 8 nitrogen and oxygen atoms in total. The first-order valence-corrected chi connectivity index (χ1v) is 10.9. The van der Waals surface area contributed by atoms with Crippen molar-refractivity contribution in [1.29, 1.82) is 0 Å². The maximum atomic E-state index is 10.1. The lowest BCUT2D eigenvalue weighted by molar-refractivity contribution is -0.277. The molecule has 5 N–H and O–H groups in total. The molecular weight excluding hydrogens is 456 g/mol. The van der Waals surface area contributed by atoms with Crippen LogP contribution in [0.3, 0.4) is 0 Å². The number of rotatable bonds is 5. The van der Waals surface area contributed by atoms with Crippen molar-refractivity contribution in [2.75, 3.05) is 6.61 Å². The summed E-state index contributed by atoms with van der Waals surface area (Å²) in [4.78, 5) is 4.45. The third kappa shape index (κ3) is 4.79. The van der Waals surface area contributed by atoms with Crippen molar-refractivity contribution in [1.82, 2.24) is 5.32 Å². The monoisotopic (exact) mass is 478 g/mol. The van der Waals surface area contributed by atoms with Crippen molar-refractivity contribution in [2.45, 2.75) is 43.2 Å². The van der Waals surface area contributed by atoms with Gasteiger partial charge in [-0.15, -0.1) is 0 Å². The smallest absolute Gasteiger partial charge is 0.229 e. The molecule has 2 aromatic rings. The number of aliphatic hydroxyl groups is 4. The van der Waals surface area contributed by atoms with E-state index in [4.69, 9.17) is 33.3 Å². The minimum atomic E-state index is -1.50. The van der Waals surface area contributed by atoms with Gasteiger partial charge in [-0.25, -0.2) is 4.99 Å². The fourth-order valence-corrected chi connectivity index (χ4v) is 4.27. The third-order valence-electron chi connectivity index (χ3n) is 5.50. The molecule has 6 atom stereocenters. The van der Waals surface area contributed by atoms with Crippen molar-refractivity contribution < 1.29 is 29.9 Å². The molecule has 2 aliphatic heterocycles. The number of aliphatic hydroxyl groups excluding tert-OH is 4. The molecule has 1 saturated heterocycles. The summed E-state index contributed by atoms with van der Waals surface area (Å²) in [6, 6.07) is 14.4. The lowest BCUT2D eigenvalue weighted by atomic mass is 9.96. The zero-order valence-electron chi connectivity index (χ0n) is 16.8. The number of hydrogen-bond acceptors (Lipinski definition) is 7. The van der Waals surface area contributed by atoms with Gasteiger partial charge in [-0.3, -0.25) is 0 Å². The summed E-state index contributed by atoms with van der Waals surface area (Å²) in [6.45, 7) is -0.524. The third-order valence-corrected chi connectivity index (χ3v) is 6.05. The first-order valence-electron chi connectivity index (χ1n) is 10.1. The summed E-state index contributed by atoms with van der Waals surface area (Å²) in [5.74, 6) is 0.373. The van der Waals surface area contributed by atoms with Gasteiger partial charge in [-0.05, 0) is 53.7 Å². The van der Waals surface area contributed by atoms with Gasteiger partial charge in [0.25, 0.3) is 0 Å². The number of aliphatic imine (C=N–C) groups is 1. The summed E-state index contributed by atoms with van der Waals surface area (Å²) < 4.78 is 11.0. The van der Waals surface area contributed by atoms with E-state index in [1.54, 1.807) is 24.3 Å². The molecule has 2 aliphatic rings. The fourth-order valence-electron chi connectivity index (χ4n) is 3.75. The average Bonchev–Trinajstić information content (AvgIpc) is 2.80. The van der Waals surface area contributed by atoms with E-state index >= 15 is 0 Å². The Morgan fingerprint density at radius 3 is 2.47 bits per heavy atom. The largest absolute Gasteiger partial charge is 0.462 e. The SMILES string of the molecule is OC[C@H]1O[C@@H](Oc2ccc(C3=NC(=S)NC(c4ccccc4Cl)C3)cc2)[C@H](O)[C@@H](O)[C@@H]1O. The minimum Gasteiger partial charge on any atom is -0.462 e. The van der Waals surface area contributed by atoms with Crippen molar-refractivity contribution in [3.8, 4) is 5.75 Å². The zero-order chi connectivity index (χ0) is 22.8. The summed E-state index contributed by atoms with van der Waals surface area (Å²) in [6.07, 6.45) is -6.12. The summed E-state index contributed by atoms with van der Waals surface area (Å²) >= 11 is 11.7. The molecule has 4 rings (SSSR count). The maximum absolute atomic E-state index is 10.1. The predicted molar refractivity (Wildman–Crippen MR) is 122 cm³/mol. The van der Waals surface area contributed by atoms with E-state index in [1.807, 2.05) is 24.3 Å². The number of hydrogen-bond donors (Lipinski definition) is 5. The number of benzene rings is 2. The van der Waals surface area contributed by atoms with E-state index in [0.29, 0.717) is 22.3 Å². The summed E-state index contributed by atoms with van der Waals surface area (Å²) in [7, 11) is 0. The topological polar surface area (TPSA) is 124 Å². The van der Waals surface area contributed by atoms with Crippen LogP contribution in [0, 0.1) is 0 Å². The van der Waals surface area contributed by atoms with Gasteiger partial charge < -0.3 is 35.2 Å². The number of ether oxygens (including phenoxy) is 2. The molecule has 1 unspecified atom stereocenters. The van der Waals surface area contributed by atoms with Crippen LogP contribution in [0.15, 0.2) is 53.5 Å². The Labute approximate surface area is 195 Å². The van der Waals surface area contributed by atoms with Crippen LogP contribution in [-0.4, -0.2) is 68.6 Å². The van der Waals surface area contributed by atoms with E-state index in [1.165, 1.54) is 0 Å². The van der Waals surface area contributed by atoms with E-state index in [9.17, 15) is 20.4 Å². The summed E-state index contributed by atoms with van der Waals surface area (Å²) in [5.41, 5.74) is 2.57. The van der Waals surface area contributed by atoms with Crippen molar-refractivity contribution >= 4 is 34.6 Å². The number of nitrogens with zero attached hydrogens (tertiary/aromatic N) is 1. The van der Waals surface area contributed by atoms with Crippen LogP contribution in [0.5, 0.6) is 5.75 Å². The highest BCUT2D eigenvalue weighted by Gasteiger charge is 2.44. The number of halogens is 1. The maximum Gasteiger partial charge on any atom is 0.229 e. The van der Waals surface area contributed by atoms with Crippen LogP contribution in [0.1, 0.15) is 23.6 Å². The second-order valence-corrected chi connectivity index (χ2v) is 8.42. The van der Waals surface area contributed by atoms with E-state index in [-0.39, 0.29) is 6.04 Å². The van der Waals surface area contributed by atoms with Gasteiger partial charge in [0.05, 0.1) is 18.4 Å². The van der Waals surface area contributed by atoms with Crippen LogP contribution in [0.2, 0.25) is 5.02 Å². The molecule has 0 aliphatic carbocycles. The first kappa shape index (κ1) is 23.1. The molecule has 0 bridgehead atoms. The Morgan fingerprint density at radius 1 is 1.06 bits per heavy atom. The van der Waals surface area contributed by atoms with Gasteiger partial charge in [0.15, 0.2) is 5.11 Å². The second-order valence-electron chi connectivity index (χ2n) is 7.63. The predicted octanol–water partition coefficient (Wildman–Crippen LogP) is 1.33. The molecule has 0 amide bonds. The molecule has 2 heterocycles. The molecule has 0 aromatic heterocycles. The highest BCUT2D eigenvalue weighted by Crippen LogP contribution is 2.30. The molecular formula is C22H23ClN2O6S. The van der Waals surface area contributed by atoms with Crippen molar-refractivity contribution in [3.63, 3.8) is 0 Å². The number of thiocarbonyl (C=S) groups is 1. The van der Waals surface area contributed by atoms with E-state index in [2.05, 4.69) is 10.3 Å². The molecule has 10 heteroatoms. The van der Waals surface area contributed by atoms with Crippen LogP contribution in [0.4, 0.5) is 0 Å². The lowest BCUT2D eigenvalue weighted by Gasteiger charge is -2.39. The van der Waals surface area contributed by atoms with Crippen LogP contribution in [0.25, 0.3) is 0 Å². The normalized spacial score (nSPS) is 30.4. The molecule has 32 heavy (non-hydrogen) atoms. The molecule has 2 aromatic carbocycles. The molecule has 1 fully saturated rings. The Hall–Kier alpha value is -2.11. The molecule has 0 saturated carbocycles. The highest BCUT2D eigenvalue weighted by atomic mass is 35.5. The van der Waals surface area contributed by atoms with E-state index < -0.39 is 37.3 Å². The van der Waals surface area contributed by atoms with Gasteiger partial charge in [-0.1, -0.05) is 29.8 Å². The van der Waals surface area contributed by atoms with Gasteiger partial charge >= 0.3 is 0 Å². The molecule has 0 spiro atoms. The zero-order valence-corrected chi connectivity index (χ0v) is 18.4. The minimum absolute atomic E-state index is 0.103. The van der Waals surface area contributed by atoms with Crippen LogP contribution >= 0.6 is 23.8 Å². The number of nitrogens with one attached hydrogen (secondary N) is 1. The van der Waals surface area contributed by atoms with Crippen LogP contribution < -0.4 is 10.1 Å². The standard InChI is InChI=1S/C22H23ClN2O6S/c23-14-4-2-1-3-13(14)16-9-15(24-22(32)25-16)11-5-7-12(8-6-11)30-21-20(29)19(28)18(27)17(10-26)31-21/h1-8,16-21,26-29H,9-10H2,(H,25,32)/t16?,17-,18-,19+,20-,21-/m1/s1. The second kappa shape index (κ2) is 9.80. The quantitative estimate of drug-likeness (QED) is 0.408. The first-order chi connectivity index (χ1) is 15.4. The Morgan fingerprint density at radius 2 is 1.78 bits per heavy atom. The fraction of sp³-hybridized carbons (Fsp3) is 0.364. The molecule has 170 valence electrons. The Balaban J connectivity index is 1.47. The van der Waals surface area contributed by atoms with Gasteiger partial charge in [0.1, 0.15) is 30.2 Å². The molecule has 0 radical (unpaired) electrons. The van der Waals surface area contributed by atoms with Gasteiger partial charge in [-0.2, -0.15) is 0 Å². The Bertz CT molecular complexity index is 1000. The van der Waals surface area contributed by atoms with E-state index in [0.717, 1.165) is 16.8 Å². The van der Waals surface area contributed by atoms with Gasteiger partial charge in [0.2, 0.25) is 6.29 Å². The van der Waals surface area contributed by atoms with Crippen molar-refractivity contribution in [3.05, 3.63) is 64.7 Å². The average molecular weight is 479 g/mol. The van der Waals surface area contributed by atoms with Crippen molar-refractivity contribution in [2.24, 2.45) is 4.99 Å². The Kier molecular flexibility index (Phi) is 7.06. The van der Waals surface area contributed by atoms with Gasteiger partial charge in [0, 0.05) is 11.4 Å².